The summed E-state index contributed by atoms with van der Waals surface area (Å²) in [4.78, 5) is 0. The van der Waals surface area contributed by atoms with Crippen LogP contribution in [0.15, 0.2) is 11.6 Å². The minimum absolute atomic E-state index is 0.120. The molecule has 3 saturated heterocycles. The highest BCUT2D eigenvalue weighted by atomic mass is 16.8. The number of aliphatic hydroxyl groups is 16. The lowest BCUT2D eigenvalue weighted by atomic mass is 9.86. The number of hydrogen-bond donors (Lipinski definition) is 17. The molecule has 3 fully saturated rings. The summed E-state index contributed by atoms with van der Waals surface area (Å²) in [5.41, 5.74) is -0.120. The van der Waals surface area contributed by atoms with Crippen LogP contribution in [0.5, 0.6) is 0 Å². The van der Waals surface area contributed by atoms with E-state index < -0.39 is 174 Å². The van der Waals surface area contributed by atoms with E-state index >= 15 is 0 Å². The second-order valence-electron chi connectivity index (χ2n) is 14.3. The molecule has 322 valence electrons. The highest BCUT2D eigenvalue weighted by Crippen LogP contribution is 2.35. The van der Waals surface area contributed by atoms with Crippen LogP contribution in [0.4, 0.5) is 0 Å². The molecule has 0 amide bonds. The van der Waals surface area contributed by atoms with Crippen LogP contribution < -0.4 is 5.32 Å². The maximum atomic E-state index is 11.1. The molecule has 23 nitrogen and oxygen atoms in total. The molecule has 0 aromatic carbocycles. The van der Waals surface area contributed by atoms with Gasteiger partial charge in [0.25, 0.3) is 0 Å². The van der Waals surface area contributed by atoms with Gasteiger partial charge in [-0.05, 0) is 12.5 Å². The molecule has 3 heterocycles. The standard InChI is InChI=1S/C32H57NO22/c1-9-14(6-36)50-30(24(47)18(9)41)54-28-16(8-38)52-32(26(49)23(28)46)55-29-15(7-37)51-31(25(48)22(29)45)53-27-11(4-34)3-12(20(43)21(27)44)33-17(13(40)5-35)19(42)10(2)39/h3,9-10,12-49H,4-8H2,1-2H3. The maximum absolute atomic E-state index is 11.1. The summed E-state index contributed by atoms with van der Waals surface area (Å²) in [5, 5.41) is 169. The van der Waals surface area contributed by atoms with E-state index in [1.165, 1.54) is 19.9 Å². The molecule has 3 aliphatic heterocycles. The smallest absolute Gasteiger partial charge is 0.187 e. The molecule has 0 spiro atoms. The predicted octanol–water partition coefficient (Wildman–Crippen LogP) is -9.83. The molecule has 4 rings (SSSR count). The predicted molar refractivity (Wildman–Crippen MR) is 176 cm³/mol. The Morgan fingerprint density at radius 2 is 1.07 bits per heavy atom. The summed E-state index contributed by atoms with van der Waals surface area (Å²) in [6.45, 7) is -1.30. The Morgan fingerprint density at radius 1 is 0.618 bits per heavy atom. The van der Waals surface area contributed by atoms with E-state index in [4.69, 9.17) is 28.4 Å². The van der Waals surface area contributed by atoms with E-state index in [0.29, 0.717) is 0 Å². The molecule has 23 atom stereocenters. The van der Waals surface area contributed by atoms with Crippen molar-refractivity contribution >= 4 is 0 Å². The molecule has 0 radical (unpaired) electrons. The lowest BCUT2D eigenvalue weighted by molar-refractivity contribution is -0.380. The van der Waals surface area contributed by atoms with Gasteiger partial charge in [-0.15, -0.1) is 0 Å². The van der Waals surface area contributed by atoms with Crippen LogP contribution in [-0.4, -0.2) is 249 Å². The first-order valence-electron chi connectivity index (χ1n) is 17.9. The largest absolute Gasteiger partial charge is 0.394 e. The van der Waals surface area contributed by atoms with Crippen LogP contribution in [0.3, 0.4) is 0 Å². The van der Waals surface area contributed by atoms with Gasteiger partial charge in [-0.3, -0.25) is 0 Å². The van der Waals surface area contributed by atoms with E-state index in [9.17, 15) is 81.7 Å². The molecule has 0 aromatic rings. The van der Waals surface area contributed by atoms with Gasteiger partial charge in [0.1, 0.15) is 73.2 Å². The highest BCUT2D eigenvalue weighted by Gasteiger charge is 2.54. The van der Waals surface area contributed by atoms with Gasteiger partial charge >= 0.3 is 0 Å². The Hall–Kier alpha value is -1.18. The fourth-order valence-electron chi connectivity index (χ4n) is 7.08. The van der Waals surface area contributed by atoms with Crippen molar-refractivity contribution in [1.82, 2.24) is 5.32 Å². The Bertz CT molecular complexity index is 1200. The Labute approximate surface area is 314 Å². The van der Waals surface area contributed by atoms with Crippen molar-refractivity contribution in [3.63, 3.8) is 0 Å². The monoisotopic (exact) mass is 807 g/mol. The Kier molecular flexibility index (Phi) is 17.1. The number of nitrogens with one attached hydrogen (secondary N) is 1. The average molecular weight is 808 g/mol. The first-order valence-corrected chi connectivity index (χ1v) is 17.9. The summed E-state index contributed by atoms with van der Waals surface area (Å²) >= 11 is 0. The summed E-state index contributed by atoms with van der Waals surface area (Å²) in [7, 11) is 0. The van der Waals surface area contributed by atoms with Crippen molar-refractivity contribution in [3.05, 3.63) is 11.6 Å². The third-order valence-corrected chi connectivity index (χ3v) is 10.6. The third-order valence-electron chi connectivity index (χ3n) is 10.6. The first kappa shape index (κ1) is 46.5. The SMILES string of the molecule is CC(O)C(O)C(NC1C=C(CO)C(OC2OC(CO)C(OC3OC(CO)C(OC4OC(CO)C(C)C(O)C4O)C(O)C3O)C(O)C2O)C(O)C1O)C(O)CO. The van der Waals surface area contributed by atoms with E-state index in [1.807, 2.05) is 0 Å². The number of hydrogen-bond acceptors (Lipinski definition) is 23. The Morgan fingerprint density at radius 3 is 1.51 bits per heavy atom. The topological polar surface area (TPSA) is 391 Å². The van der Waals surface area contributed by atoms with Gasteiger partial charge < -0.3 is 115 Å². The lowest BCUT2D eigenvalue weighted by Gasteiger charge is -2.48. The van der Waals surface area contributed by atoms with Gasteiger partial charge in [0, 0.05) is 5.92 Å². The van der Waals surface area contributed by atoms with Crippen molar-refractivity contribution in [2.45, 2.75) is 149 Å². The zero-order chi connectivity index (χ0) is 41.0. The number of aliphatic hydroxyl groups excluding tert-OH is 16. The van der Waals surface area contributed by atoms with Gasteiger partial charge in [-0.1, -0.05) is 13.0 Å². The molecule has 0 aromatic heterocycles. The number of ether oxygens (including phenoxy) is 6. The molecule has 55 heavy (non-hydrogen) atoms. The van der Waals surface area contributed by atoms with Crippen LogP contribution >= 0.6 is 0 Å². The molecular formula is C32H57NO22. The summed E-state index contributed by atoms with van der Waals surface area (Å²) in [6.07, 6.45) is -32.8. The van der Waals surface area contributed by atoms with Crippen molar-refractivity contribution in [2.75, 3.05) is 33.0 Å². The summed E-state index contributed by atoms with van der Waals surface area (Å²) < 4.78 is 33.7. The van der Waals surface area contributed by atoms with Gasteiger partial charge in [-0.2, -0.15) is 0 Å². The van der Waals surface area contributed by atoms with Gasteiger partial charge in [0.2, 0.25) is 0 Å². The molecular weight excluding hydrogens is 750 g/mol. The molecule has 1 aliphatic carbocycles. The van der Waals surface area contributed by atoms with Gasteiger partial charge in [0.15, 0.2) is 18.9 Å². The molecule has 4 aliphatic rings. The second-order valence-corrected chi connectivity index (χ2v) is 14.3. The van der Waals surface area contributed by atoms with E-state index in [0.717, 1.165) is 0 Å². The molecule has 0 saturated carbocycles. The van der Waals surface area contributed by atoms with Gasteiger partial charge in [-0.25, -0.2) is 0 Å². The third kappa shape index (κ3) is 10.00. The summed E-state index contributed by atoms with van der Waals surface area (Å²) in [6, 6.07) is -2.73. The van der Waals surface area contributed by atoms with Crippen molar-refractivity contribution in [1.29, 1.82) is 0 Å². The van der Waals surface area contributed by atoms with Crippen molar-refractivity contribution < 1.29 is 110 Å². The quantitative estimate of drug-likeness (QED) is 0.0644. The van der Waals surface area contributed by atoms with Gasteiger partial charge in [0.05, 0.1) is 75.6 Å². The van der Waals surface area contributed by atoms with E-state index in [2.05, 4.69) is 5.32 Å². The minimum Gasteiger partial charge on any atom is -0.394 e. The van der Waals surface area contributed by atoms with Crippen LogP contribution in [0.2, 0.25) is 0 Å². The fraction of sp³-hybridized carbons (Fsp3) is 0.938. The maximum Gasteiger partial charge on any atom is 0.187 e. The van der Waals surface area contributed by atoms with Crippen LogP contribution in [0.25, 0.3) is 0 Å². The fourth-order valence-corrected chi connectivity index (χ4v) is 7.08. The zero-order valence-corrected chi connectivity index (χ0v) is 30.0. The normalized spacial score (nSPS) is 46.4. The van der Waals surface area contributed by atoms with Crippen LogP contribution in [-0.2, 0) is 28.4 Å². The minimum atomic E-state index is -2.05. The second kappa shape index (κ2) is 20.2. The Balaban J connectivity index is 1.45. The molecule has 23 heteroatoms. The van der Waals surface area contributed by atoms with Crippen molar-refractivity contribution in [2.24, 2.45) is 5.92 Å². The first-order chi connectivity index (χ1) is 25.9. The zero-order valence-electron chi connectivity index (χ0n) is 30.0. The van der Waals surface area contributed by atoms with Crippen LogP contribution in [0, 0.1) is 5.92 Å². The van der Waals surface area contributed by atoms with Crippen LogP contribution in [0.1, 0.15) is 13.8 Å². The highest BCUT2D eigenvalue weighted by molar-refractivity contribution is 5.23. The molecule has 17 N–H and O–H groups in total. The van der Waals surface area contributed by atoms with E-state index in [-0.39, 0.29) is 5.57 Å². The van der Waals surface area contributed by atoms with Crippen molar-refractivity contribution in [3.8, 4) is 0 Å². The summed E-state index contributed by atoms with van der Waals surface area (Å²) in [5.74, 6) is -0.708. The lowest BCUT2D eigenvalue weighted by Crippen LogP contribution is -2.67. The molecule has 0 bridgehead atoms. The average Bonchev–Trinajstić information content (AvgIpc) is 3.17. The van der Waals surface area contributed by atoms with E-state index in [1.54, 1.807) is 0 Å². The molecule has 23 unspecified atom stereocenters. The number of rotatable bonds is 16.